The van der Waals surface area contributed by atoms with Crippen LogP contribution in [0.2, 0.25) is 0 Å². The van der Waals surface area contributed by atoms with Gasteiger partial charge in [-0.2, -0.15) is 9.57 Å². The summed E-state index contributed by atoms with van der Waals surface area (Å²) in [6.45, 7) is 2.32. The van der Waals surface area contributed by atoms with Gasteiger partial charge in [0, 0.05) is 37.9 Å². The number of anilines is 1. The van der Waals surface area contributed by atoms with Crippen molar-refractivity contribution >= 4 is 21.4 Å². The van der Waals surface area contributed by atoms with E-state index >= 15 is 0 Å². The van der Waals surface area contributed by atoms with Crippen LogP contribution in [0.5, 0.6) is 0 Å². The van der Waals surface area contributed by atoms with Gasteiger partial charge in [-0.15, -0.1) is 0 Å². The van der Waals surface area contributed by atoms with Gasteiger partial charge in [-0.25, -0.2) is 12.8 Å². The van der Waals surface area contributed by atoms with Crippen LogP contribution in [0.3, 0.4) is 0 Å². The number of benzene rings is 2. The molecule has 0 saturated carbocycles. The summed E-state index contributed by atoms with van der Waals surface area (Å²) in [6, 6.07) is 9.89. The van der Waals surface area contributed by atoms with Gasteiger partial charge in [-0.3, -0.25) is 10.1 Å². The Morgan fingerprint density at radius 1 is 1.18 bits per heavy atom. The first kappa shape index (κ1) is 19.7. The lowest BCUT2D eigenvalue weighted by atomic mass is 10.1. The molecule has 0 spiro atoms. The van der Waals surface area contributed by atoms with Crippen LogP contribution in [0, 0.1) is 34.2 Å². The standard InChI is InChI=1S/C18H17FN4O4S/c1-13-16(10-14(12-20)11-17(13)23(24)25)21-6-8-22(9-7-21)28(26,27)18-5-3-2-4-15(18)19/h2-5,10-11H,6-9H2,1H3. The summed E-state index contributed by atoms with van der Waals surface area (Å²) in [7, 11) is -3.97. The van der Waals surface area contributed by atoms with E-state index in [-0.39, 0.29) is 42.3 Å². The predicted molar refractivity (Wildman–Crippen MR) is 99.9 cm³/mol. The Morgan fingerprint density at radius 2 is 1.82 bits per heavy atom. The Balaban J connectivity index is 1.85. The van der Waals surface area contributed by atoms with E-state index in [0.717, 1.165) is 6.07 Å². The summed E-state index contributed by atoms with van der Waals surface area (Å²) in [5, 5.41) is 20.4. The summed E-state index contributed by atoms with van der Waals surface area (Å²) >= 11 is 0. The number of nitriles is 1. The van der Waals surface area contributed by atoms with Crippen LogP contribution in [0.1, 0.15) is 11.1 Å². The van der Waals surface area contributed by atoms with Gasteiger partial charge in [-0.1, -0.05) is 12.1 Å². The van der Waals surface area contributed by atoms with Gasteiger partial charge in [-0.05, 0) is 25.1 Å². The minimum atomic E-state index is -3.97. The molecular weight excluding hydrogens is 387 g/mol. The number of nitro benzene ring substituents is 1. The van der Waals surface area contributed by atoms with Gasteiger partial charge in [0.2, 0.25) is 10.0 Å². The zero-order valence-corrected chi connectivity index (χ0v) is 15.8. The van der Waals surface area contributed by atoms with E-state index in [9.17, 15) is 22.9 Å². The molecular formula is C18H17FN4O4S. The van der Waals surface area contributed by atoms with Crippen LogP contribution in [0.15, 0.2) is 41.3 Å². The fraction of sp³-hybridized carbons (Fsp3) is 0.278. The monoisotopic (exact) mass is 404 g/mol. The molecule has 0 unspecified atom stereocenters. The number of nitrogens with zero attached hydrogens (tertiary/aromatic N) is 4. The summed E-state index contributed by atoms with van der Waals surface area (Å²) in [6.07, 6.45) is 0. The van der Waals surface area contributed by atoms with Crippen molar-refractivity contribution in [1.82, 2.24) is 4.31 Å². The Bertz CT molecular complexity index is 1070. The number of nitro groups is 1. The summed E-state index contributed by atoms with van der Waals surface area (Å²) in [5.41, 5.74) is 0.937. The van der Waals surface area contributed by atoms with E-state index in [2.05, 4.69) is 0 Å². The first-order valence-electron chi connectivity index (χ1n) is 8.44. The second kappa shape index (κ2) is 7.53. The molecule has 1 heterocycles. The van der Waals surface area contributed by atoms with Crippen molar-refractivity contribution in [2.75, 3.05) is 31.1 Å². The molecule has 0 bridgehead atoms. The number of halogens is 1. The minimum absolute atomic E-state index is 0.0979. The fourth-order valence-electron chi connectivity index (χ4n) is 3.23. The number of rotatable bonds is 4. The van der Waals surface area contributed by atoms with Gasteiger partial charge < -0.3 is 4.90 Å². The highest BCUT2D eigenvalue weighted by atomic mass is 32.2. The Morgan fingerprint density at radius 3 is 2.39 bits per heavy atom. The van der Waals surface area contributed by atoms with Crippen LogP contribution in [0.25, 0.3) is 0 Å². The van der Waals surface area contributed by atoms with Crippen LogP contribution in [0.4, 0.5) is 15.8 Å². The average Bonchev–Trinajstić information content (AvgIpc) is 2.68. The van der Waals surface area contributed by atoms with E-state index < -0.39 is 20.8 Å². The summed E-state index contributed by atoms with van der Waals surface area (Å²) in [4.78, 5) is 12.1. The zero-order valence-electron chi connectivity index (χ0n) is 15.0. The molecule has 0 aliphatic carbocycles. The van der Waals surface area contributed by atoms with Gasteiger partial charge in [0.05, 0.1) is 22.1 Å². The smallest absolute Gasteiger partial charge is 0.275 e. The normalized spacial score (nSPS) is 15.2. The molecule has 0 N–H and O–H groups in total. The van der Waals surface area contributed by atoms with E-state index in [4.69, 9.17) is 5.26 Å². The van der Waals surface area contributed by atoms with Crippen LogP contribution < -0.4 is 4.90 Å². The van der Waals surface area contributed by atoms with Crippen LogP contribution in [-0.4, -0.2) is 43.8 Å². The molecule has 1 fully saturated rings. The largest absolute Gasteiger partial charge is 0.368 e. The Kier molecular flexibility index (Phi) is 5.31. The van der Waals surface area contributed by atoms with Crippen molar-refractivity contribution in [3.63, 3.8) is 0 Å². The van der Waals surface area contributed by atoms with Gasteiger partial charge in [0.15, 0.2) is 0 Å². The predicted octanol–water partition coefficient (Wildman–Crippen LogP) is 2.42. The number of piperazine rings is 1. The van der Waals surface area contributed by atoms with Crippen molar-refractivity contribution in [2.45, 2.75) is 11.8 Å². The molecule has 2 aromatic rings. The molecule has 146 valence electrons. The molecule has 2 aromatic carbocycles. The van der Waals surface area contributed by atoms with Crippen molar-refractivity contribution in [3.8, 4) is 6.07 Å². The third kappa shape index (κ3) is 3.54. The maximum absolute atomic E-state index is 13.9. The zero-order chi connectivity index (χ0) is 20.5. The van der Waals surface area contributed by atoms with E-state index in [0.29, 0.717) is 11.3 Å². The molecule has 10 heteroatoms. The second-order valence-corrected chi connectivity index (χ2v) is 8.24. The lowest BCUT2D eigenvalue weighted by Gasteiger charge is -2.36. The van der Waals surface area contributed by atoms with Gasteiger partial charge >= 0.3 is 0 Å². The third-order valence-electron chi connectivity index (χ3n) is 4.71. The highest BCUT2D eigenvalue weighted by Gasteiger charge is 2.31. The molecule has 28 heavy (non-hydrogen) atoms. The number of hydrogen-bond acceptors (Lipinski definition) is 6. The number of sulfonamides is 1. The highest BCUT2D eigenvalue weighted by Crippen LogP contribution is 2.31. The van der Waals surface area contributed by atoms with E-state index in [1.54, 1.807) is 17.9 Å². The maximum Gasteiger partial charge on any atom is 0.275 e. The second-order valence-electron chi connectivity index (χ2n) is 6.33. The van der Waals surface area contributed by atoms with Crippen molar-refractivity contribution in [1.29, 1.82) is 5.26 Å². The highest BCUT2D eigenvalue weighted by molar-refractivity contribution is 7.89. The Hall–Kier alpha value is -3.03. The summed E-state index contributed by atoms with van der Waals surface area (Å²) < 4.78 is 40.5. The fourth-order valence-corrected chi connectivity index (χ4v) is 4.72. The lowest BCUT2D eigenvalue weighted by molar-refractivity contribution is -0.385. The minimum Gasteiger partial charge on any atom is -0.368 e. The van der Waals surface area contributed by atoms with Crippen LogP contribution in [-0.2, 0) is 10.0 Å². The molecule has 8 nitrogen and oxygen atoms in total. The molecule has 0 aromatic heterocycles. The molecule has 0 radical (unpaired) electrons. The van der Waals surface area contributed by atoms with Gasteiger partial charge in [0.1, 0.15) is 10.7 Å². The molecule has 0 atom stereocenters. The molecule has 1 aliphatic heterocycles. The Labute approximate surface area is 161 Å². The first-order chi connectivity index (χ1) is 13.3. The molecule has 1 aliphatic rings. The van der Waals surface area contributed by atoms with Crippen molar-refractivity contribution < 1.29 is 17.7 Å². The number of hydrogen-bond donors (Lipinski definition) is 0. The van der Waals surface area contributed by atoms with E-state index in [1.807, 2.05) is 6.07 Å². The molecule has 0 amide bonds. The lowest BCUT2D eigenvalue weighted by Crippen LogP contribution is -2.49. The average molecular weight is 404 g/mol. The third-order valence-corrected chi connectivity index (χ3v) is 6.64. The maximum atomic E-state index is 13.9. The van der Waals surface area contributed by atoms with Crippen molar-refractivity contribution in [3.05, 3.63) is 63.5 Å². The van der Waals surface area contributed by atoms with Crippen molar-refractivity contribution in [2.24, 2.45) is 0 Å². The summed E-state index contributed by atoms with van der Waals surface area (Å²) in [5.74, 6) is -0.807. The first-order valence-corrected chi connectivity index (χ1v) is 9.88. The topological polar surface area (TPSA) is 108 Å². The SMILES string of the molecule is Cc1c(N2CCN(S(=O)(=O)c3ccccc3F)CC2)cc(C#N)cc1[N+](=O)[O-]. The molecule has 3 rings (SSSR count). The van der Waals surface area contributed by atoms with Gasteiger partial charge in [0.25, 0.3) is 5.69 Å². The van der Waals surface area contributed by atoms with E-state index in [1.165, 1.54) is 28.6 Å². The van der Waals surface area contributed by atoms with Crippen LogP contribution >= 0.6 is 0 Å². The quantitative estimate of drug-likeness (QED) is 0.572. The molecule has 1 saturated heterocycles.